The van der Waals surface area contributed by atoms with E-state index in [9.17, 15) is 4.79 Å². The molecule has 1 atom stereocenters. The lowest BCUT2D eigenvalue weighted by molar-refractivity contribution is -0.190. The van der Waals surface area contributed by atoms with Gasteiger partial charge in [0.25, 0.3) is 0 Å². The number of carbonyl (C=O) groups is 1. The molecule has 16 heavy (non-hydrogen) atoms. The quantitative estimate of drug-likeness (QED) is 0.538. The number of methoxy groups -OCH3 is 2. The lowest BCUT2D eigenvalue weighted by atomic mass is 9.95. The Morgan fingerprint density at radius 1 is 1.06 bits per heavy atom. The second-order valence-corrected chi connectivity index (χ2v) is 5.14. The van der Waals surface area contributed by atoms with Crippen LogP contribution < -0.4 is 0 Å². The molecular weight excluding hydrogens is 208 g/mol. The molecule has 0 fully saturated rings. The fourth-order valence-electron chi connectivity index (χ4n) is 1.46. The highest BCUT2D eigenvalue weighted by atomic mass is 16.7. The first-order valence-corrected chi connectivity index (χ1v) is 5.51. The van der Waals surface area contributed by atoms with Gasteiger partial charge in [0.15, 0.2) is 6.29 Å². The fraction of sp³-hybridized carbons (Fsp3) is 0.917. The van der Waals surface area contributed by atoms with Crippen LogP contribution in [0.25, 0.3) is 0 Å². The lowest BCUT2D eigenvalue weighted by Gasteiger charge is -2.29. The Kier molecular flexibility index (Phi) is 5.97. The van der Waals surface area contributed by atoms with Crippen LogP contribution in [0.2, 0.25) is 0 Å². The molecule has 0 aromatic heterocycles. The van der Waals surface area contributed by atoms with E-state index in [1.807, 2.05) is 34.6 Å². The SMILES string of the molecule is COC(OC)C(C(=O)OC(C)(C)C)C(C)C. The minimum Gasteiger partial charge on any atom is -0.460 e. The molecule has 0 aromatic carbocycles. The molecular formula is C12H24O4. The van der Waals surface area contributed by atoms with Crippen molar-refractivity contribution >= 4 is 5.97 Å². The van der Waals surface area contributed by atoms with Gasteiger partial charge in [0.2, 0.25) is 0 Å². The van der Waals surface area contributed by atoms with Gasteiger partial charge in [-0.1, -0.05) is 13.8 Å². The fourth-order valence-corrected chi connectivity index (χ4v) is 1.46. The molecule has 96 valence electrons. The minimum absolute atomic E-state index is 0.0970. The zero-order valence-corrected chi connectivity index (χ0v) is 11.4. The Morgan fingerprint density at radius 2 is 1.50 bits per heavy atom. The Hall–Kier alpha value is -0.610. The van der Waals surface area contributed by atoms with E-state index in [0.717, 1.165) is 0 Å². The van der Waals surface area contributed by atoms with Crippen LogP contribution in [-0.4, -0.2) is 32.1 Å². The summed E-state index contributed by atoms with van der Waals surface area (Å²) in [5, 5.41) is 0. The Labute approximate surface area is 98.3 Å². The highest BCUT2D eigenvalue weighted by molar-refractivity contribution is 5.73. The highest BCUT2D eigenvalue weighted by Crippen LogP contribution is 2.22. The molecule has 0 saturated heterocycles. The second-order valence-electron chi connectivity index (χ2n) is 5.14. The summed E-state index contributed by atoms with van der Waals surface area (Å²) in [7, 11) is 3.04. The van der Waals surface area contributed by atoms with E-state index in [4.69, 9.17) is 14.2 Å². The zero-order valence-electron chi connectivity index (χ0n) is 11.4. The molecule has 0 amide bonds. The van der Waals surface area contributed by atoms with Gasteiger partial charge in [-0.2, -0.15) is 0 Å². The van der Waals surface area contributed by atoms with Gasteiger partial charge in [0.05, 0.1) is 0 Å². The Balaban J connectivity index is 4.72. The van der Waals surface area contributed by atoms with Crippen molar-refractivity contribution in [3.8, 4) is 0 Å². The predicted molar refractivity (Wildman–Crippen MR) is 62.0 cm³/mol. The highest BCUT2D eigenvalue weighted by Gasteiger charge is 2.35. The van der Waals surface area contributed by atoms with E-state index in [2.05, 4.69) is 0 Å². The van der Waals surface area contributed by atoms with Crippen molar-refractivity contribution in [1.82, 2.24) is 0 Å². The average Bonchev–Trinajstić information content (AvgIpc) is 2.09. The van der Waals surface area contributed by atoms with E-state index in [1.54, 1.807) is 0 Å². The smallest absolute Gasteiger partial charge is 0.314 e. The van der Waals surface area contributed by atoms with Crippen molar-refractivity contribution in [3.63, 3.8) is 0 Å². The molecule has 0 aliphatic carbocycles. The van der Waals surface area contributed by atoms with E-state index in [0.29, 0.717) is 0 Å². The van der Waals surface area contributed by atoms with Crippen molar-refractivity contribution in [2.24, 2.45) is 11.8 Å². The van der Waals surface area contributed by atoms with Crippen LogP contribution in [0, 0.1) is 11.8 Å². The van der Waals surface area contributed by atoms with Crippen molar-refractivity contribution in [2.75, 3.05) is 14.2 Å². The summed E-state index contributed by atoms with van der Waals surface area (Å²) in [6, 6.07) is 0. The number of ether oxygens (including phenoxy) is 3. The first-order valence-electron chi connectivity index (χ1n) is 5.51. The van der Waals surface area contributed by atoms with Gasteiger partial charge in [0, 0.05) is 14.2 Å². The molecule has 0 aliphatic rings. The van der Waals surface area contributed by atoms with Gasteiger partial charge in [-0.15, -0.1) is 0 Å². The van der Waals surface area contributed by atoms with Crippen LogP contribution in [0.3, 0.4) is 0 Å². The molecule has 0 spiro atoms. The maximum atomic E-state index is 12.0. The maximum absolute atomic E-state index is 12.0. The number of hydrogen-bond acceptors (Lipinski definition) is 4. The van der Waals surface area contributed by atoms with Crippen molar-refractivity contribution < 1.29 is 19.0 Å². The molecule has 0 saturated carbocycles. The number of hydrogen-bond donors (Lipinski definition) is 0. The van der Waals surface area contributed by atoms with Crippen molar-refractivity contribution in [1.29, 1.82) is 0 Å². The van der Waals surface area contributed by atoms with Gasteiger partial charge in [-0.3, -0.25) is 4.79 Å². The molecule has 4 nitrogen and oxygen atoms in total. The number of carbonyl (C=O) groups excluding carboxylic acids is 1. The van der Waals surface area contributed by atoms with E-state index in [-0.39, 0.29) is 11.9 Å². The first kappa shape index (κ1) is 15.4. The Bertz CT molecular complexity index is 214. The molecule has 0 radical (unpaired) electrons. The maximum Gasteiger partial charge on any atom is 0.314 e. The summed E-state index contributed by atoms with van der Waals surface area (Å²) in [6.45, 7) is 9.42. The molecule has 1 unspecified atom stereocenters. The third-order valence-electron chi connectivity index (χ3n) is 2.16. The Morgan fingerprint density at radius 3 is 1.75 bits per heavy atom. The normalized spacial score (nSPS) is 14.3. The summed E-state index contributed by atoms with van der Waals surface area (Å²) < 4.78 is 15.6. The van der Waals surface area contributed by atoms with E-state index in [1.165, 1.54) is 14.2 Å². The summed E-state index contributed by atoms with van der Waals surface area (Å²) in [5.41, 5.74) is -0.490. The number of esters is 1. The van der Waals surface area contributed by atoms with Crippen LogP contribution in [0.5, 0.6) is 0 Å². The van der Waals surface area contributed by atoms with Crippen LogP contribution in [0.15, 0.2) is 0 Å². The van der Waals surface area contributed by atoms with Crippen molar-refractivity contribution in [2.45, 2.75) is 46.5 Å². The molecule has 0 heterocycles. The summed E-state index contributed by atoms with van der Waals surface area (Å²) in [5.74, 6) is -0.592. The molecule has 0 bridgehead atoms. The van der Waals surface area contributed by atoms with Gasteiger partial charge in [0.1, 0.15) is 11.5 Å². The van der Waals surface area contributed by atoms with Gasteiger partial charge < -0.3 is 14.2 Å². The number of rotatable bonds is 5. The second kappa shape index (κ2) is 6.21. The molecule has 0 N–H and O–H groups in total. The molecule has 4 heteroatoms. The third kappa shape index (κ3) is 4.94. The lowest BCUT2D eigenvalue weighted by Crippen LogP contribution is -2.39. The standard InChI is InChI=1S/C12H24O4/c1-8(2)9(11(14-6)15-7)10(13)16-12(3,4)5/h8-9,11H,1-7H3. The molecule has 0 rings (SSSR count). The van der Waals surface area contributed by atoms with Gasteiger partial charge >= 0.3 is 5.97 Å². The van der Waals surface area contributed by atoms with Crippen LogP contribution in [-0.2, 0) is 19.0 Å². The van der Waals surface area contributed by atoms with Crippen molar-refractivity contribution in [3.05, 3.63) is 0 Å². The first-order chi connectivity index (χ1) is 7.22. The van der Waals surface area contributed by atoms with Crippen LogP contribution >= 0.6 is 0 Å². The summed E-state index contributed by atoms with van der Waals surface area (Å²) >= 11 is 0. The van der Waals surface area contributed by atoms with E-state index < -0.39 is 17.8 Å². The van der Waals surface area contributed by atoms with Gasteiger partial charge in [-0.25, -0.2) is 0 Å². The summed E-state index contributed by atoms with van der Waals surface area (Å²) in [6.07, 6.45) is -0.560. The zero-order chi connectivity index (χ0) is 12.9. The minimum atomic E-state index is -0.560. The van der Waals surface area contributed by atoms with Crippen LogP contribution in [0.4, 0.5) is 0 Å². The summed E-state index contributed by atoms with van der Waals surface area (Å²) in [4.78, 5) is 12.0. The predicted octanol–water partition coefficient (Wildman–Crippen LogP) is 2.22. The largest absolute Gasteiger partial charge is 0.460 e. The van der Waals surface area contributed by atoms with Gasteiger partial charge in [-0.05, 0) is 26.7 Å². The third-order valence-corrected chi connectivity index (χ3v) is 2.16. The average molecular weight is 232 g/mol. The van der Waals surface area contributed by atoms with E-state index >= 15 is 0 Å². The molecule has 0 aromatic rings. The van der Waals surface area contributed by atoms with Crippen LogP contribution in [0.1, 0.15) is 34.6 Å². The molecule has 0 aliphatic heterocycles. The topological polar surface area (TPSA) is 44.8 Å². The monoisotopic (exact) mass is 232 g/mol.